The molecular weight excluding hydrogens is 407 g/mol. The molecule has 0 saturated heterocycles. The SMILES string of the molecule is CC(O)CC(C)O.Oc1ccc(Cl)cc1C=NCCc1ccccn1.[O]=[V]. The van der Waals surface area contributed by atoms with Gasteiger partial charge in [0.1, 0.15) is 5.75 Å². The second kappa shape index (κ2) is 15.5. The monoisotopic (exact) mass is 431 g/mol. The molecule has 0 amide bonds. The van der Waals surface area contributed by atoms with Crippen LogP contribution in [0.2, 0.25) is 5.02 Å². The van der Waals surface area contributed by atoms with Crippen molar-refractivity contribution in [1.29, 1.82) is 0 Å². The molecule has 0 bridgehead atoms. The Bertz CT molecular complexity index is 664. The van der Waals surface area contributed by atoms with Crippen LogP contribution in [0.5, 0.6) is 5.75 Å². The fraction of sp³-hybridized carbons (Fsp3) is 0.368. The first-order valence-electron chi connectivity index (χ1n) is 8.31. The summed E-state index contributed by atoms with van der Waals surface area (Å²) in [4.78, 5) is 8.47. The van der Waals surface area contributed by atoms with Gasteiger partial charge in [0.05, 0.1) is 12.2 Å². The summed E-state index contributed by atoms with van der Waals surface area (Å²) in [5.41, 5.74) is 1.63. The van der Waals surface area contributed by atoms with Crippen molar-refractivity contribution in [2.45, 2.75) is 38.9 Å². The van der Waals surface area contributed by atoms with Crippen molar-refractivity contribution in [3.05, 3.63) is 58.9 Å². The summed E-state index contributed by atoms with van der Waals surface area (Å²) in [7, 11) is 0. The van der Waals surface area contributed by atoms with Crippen LogP contribution in [0, 0.1) is 0 Å². The number of hydrogen-bond donors (Lipinski definition) is 3. The molecule has 0 spiro atoms. The van der Waals surface area contributed by atoms with E-state index in [0.29, 0.717) is 23.6 Å². The van der Waals surface area contributed by atoms with Crippen molar-refractivity contribution in [3.8, 4) is 5.75 Å². The summed E-state index contributed by atoms with van der Waals surface area (Å²) in [6.07, 6.45) is 3.89. The number of benzene rings is 1. The molecule has 3 N–H and O–H groups in total. The topological polar surface area (TPSA) is 103 Å². The summed E-state index contributed by atoms with van der Waals surface area (Å²) in [5, 5.41) is 27.3. The van der Waals surface area contributed by atoms with Crippen LogP contribution in [-0.2, 0) is 27.5 Å². The van der Waals surface area contributed by atoms with Gasteiger partial charge in [-0.15, -0.1) is 0 Å². The van der Waals surface area contributed by atoms with Crippen LogP contribution < -0.4 is 0 Å². The first-order chi connectivity index (χ1) is 12.9. The second-order valence-corrected chi connectivity index (χ2v) is 6.18. The molecule has 0 radical (unpaired) electrons. The van der Waals surface area contributed by atoms with Gasteiger partial charge in [0.25, 0.3) is 0 Å². The van der Waals surface area contributed by atoms with Crippen molar-refractivity contribution in [2.24, 2.45) is 4.99 Å². The summed E-state index contributed by atoms with van der Waals surface area (Å²) in [6, 6.07) is 10.7. The molecule has 2 rings (SSSR count). The van der Waals surface area contributed by atoms with Crippen molar-refractivity contribution in [3.63, 3.8) is 0 Å². The quantitative estimate of drug-likeness (QED) is 0.610. The molecule has 2 atom stereocenters. The standard InChI is InChI=1S/C14H13ClN2O.C5H12O2.O.V/c15-12-4-5-14(18)11(9-12)10-16-8-6-13-3-1-2-7-17-13;1-4(6)3-5(2)7;;/h1-5,7,9-10,18H,6,8H2;4-7H,3H2,1-2H3;;. The number of aliphatic hydroxyl groups is 2. The molecule has 0 fully saturated rings. The van der Waals surface area contributed by atoms with Crippen molar-refractivity contribution >= 4 is 17.8 Å². The molecule has 2 unspecified atom stereocenters. The maximum atomic E-state index is 9.59. The molecule has 0 saturated carbocycles. The number of aromatic nitrogens is 1. The molecule has 0 aliphatic carbocycles. The average Bonchev–Trinajstić information content (AvgIpc) is 2.63. The zero-order valence-electron chi connectivity index (χ0n) is 15.4. The molecule has 1 heterocycles. The van der Waals surface area contributed by atoms with E-state index in [1.807, 2.05) is 18.2 Å². The predicted molar refractivity (Wildman–Crippen MR) is 102 cm³/mol. The predicted octanol–water partition coefficient (Wildman–Crippen LogP) is 3.12. The second-order valence-electron chi connectivity index (χ2n) is 5.74. The fourth-order valence-electron chi connectivity index (χ4n) is 2.01. The molecule has 0 aliphatic rings. The summed E-state index contributed by atoms with van der Waals surface area (Å²) in [5.74, 6) is 0.181. The van der Waals surface area contributed by atoms with E-state index in [4.69, 9.17) is 25.5 Å². The van der Waals surface area contributed by atoms with E-state index in [9.17, 15) is 5.11 Å². The molecule has 27 heavy (non-hydrogen) atoms. The maximum absolute atomic E-state index is 9.59. The van der Waals surface area contributed by atoms with Crippen LogP contribution in [0.4, 0.5) is 0 Å². The number of halogens is 1. The van der Waals surface area contributed by atoms with Gasteiger partial charge in [0.2, 0.25) is 0 Å². The fourth-order valence-corrected chi connectivity index (χ4v) is 2.19. The summed E-state index contributed by atoms with van der Waals surface area (Å²) < 4.78 is 8.19. The summed E-state index contributed by atoms with van der Waals surface area (Å²) >= 11 is 6.91. The van der Waals surface area contributed by atoms with Gasteiger partial charge in [-0.25, -0.2) is 0 Å². The third-order valence-corrected chi connectivity index (χ3v) is 3.36. The molecule has 6 nitrogen and oxygen atoms in total. The Kier molecular flexibility index (Phi) is 14.6. The zero-order valence-corrected chi connectivity index (χ0v) is 17.5. The van der Waals surface area contributed by atoms with Gasteiger partial charge in [-0.2, -0.15) is 0 Å². The molecule has 1 aromatic heterocycles. The van der Waals surface area contributed by atoms with Crippen molar-refractivity contribution in [2.75, 3.05) is 6.54 Å². The van der Waals surface area contributed by atoms with E-state index in [1.54, 1.807) is 44.5 Å². The Labute approximate surface area is 174 Å². The van der Waals surface area contributed by atoms with Crippen LogP contribution >= 0.6 is 11.6 Å². The van der Waals surface area contributed by atoms with E-state index < -0.39 is 0 Å². The minimum atomic E-state index is -0.375. The van der Waals surface area contributed by atoms with E-state index in [2.05, 4.69) is 9.98 Å². The van der Waals surface area contributed by atoms with Crippen LogP contribution in [0.15, 0.2) is 47.6 Å². The Morgan fingerprint density at radius 1 is 1.19 bits per heavy atom. The third-order valence-electron chi connectivity index (χ3n) is 3.13. The number of hydrogen-bond acceptors (Lipinski definition) is 6. The molecule has 1 aromatic carbocycles. The Morgan fingerprint density at radius 2 is 1.85 bits per heavy atom. The Hall–Kier alpha value is -1.57. The van der Waals surface area contributed by atoms with Crippen LogP contribution in [0.25, 0.3) is 0 Å². The van der Waals surface area contributed by atoms with Crippen LogP contribution in [0.1, 0.15) is 31.5 Å². The number of nitrogens with zero attached hydrogens (tertiary/aromatic N) is 2. The number of aliphatic imine (C=N–C) groups is 1. The Balaban J connectivity index is 0.000000637. The first kappa shape index (κ1) is 25.4. The number of aromatic hydroxyl groups is 1. The van der Waals surface area contributed by atoms with Crippen molar-refractivity contribution < 1.29 is 36.4 Å². The van der Waals surface area contributed by atoms with Gasteiger partial charge in [-0.3, -0.25) is 9.98 Å². The summed E-state index contributed by atoms with van der Waals surface area (Å²) in [6.45, 7) is 3.95. The van der Waals surface area contributed by atoms with Crippen LogP contribution in [0.3, 0.4) is 0 Å². The normalized spacial score (nSPS) is 12.3. The third kappa shape index (κ3) is 13.3. The number of pyridine rings is 1. The van der Waals surface area contributed by atoms with Gasteiger partial charge < -0.3 is 15.3 Å². The van der Waals surface area contributed by atoms with E-state index in [-0.39, 0.29) is 18.0 Å². The number of aliphatic hydroxyl groups excluding tert-OH is 2. The van der Waals surface area contributed by atoms with E-state index in [0.717, 1.165) is 29.5 Å². The minimum absolute atomic E-state index is 0.181. The number of phenolic OH excluding ortho intramolecular Hbond substituents is 1. The van der Waals surface area contributed by atoms with Crippen molar-refractivity contribution in [1.82, 2.24) is 4.98 Å². The van der Waals surface area contributed by atoms with E-state index >= 15 is 0 Å². The molecule has 2 aromatic rings. The molecule has 147 valence electrons. The molecule has 8 heteroatoms. The number of rotatable bonds is 6. The molecular formula is C19H25ClN2O4V. The van der Waals surface area contributed by atoms with Gasteiger partial charge in [-0.05, 0) is 50.6 Å². The zero-order chi connectivity index (χ0) is 20.7. The van der Waals surface area contributed by atoms with Gasteiger partial charge in [0.15, 0.2) is 0 Å². The van der Waals surface area contributed by atoms with Gasteiger partial charge >= 0.3 is 21.0 Å². The van der Waals surface area contributed by atoms with Gasteiger partial charge in [-0.1, -0.05) is 17.7 Å². The van der Waals surface area contributed by atoms with Gasteiger partial charge in [0, 0.05) is 41.7 Å². The van der Waals surface area contributed by atoms with Crippen LogP contribution in [-0.4, -0.2) is 45.3 Å². The van der Waals surface area contributed by atoms with E-state index in [1.165, 1.54) is 0 Å². The average molecular weight is 432 g/mol. The first-order valence-corrected chi connectivity index (χ1v) is 9.26. The molecule has 0 aliphatic heterocycles. The number of phenols is 1. The Morgan fingerprint density at radius 3 is 2.37 bits per heavy atom.